The second kappa shape index (κ2) is 7.20. The number of rotatable bonds is 5. The molecule has 2 aromatic carbocycles. The van der Waals surface area contributed by atoms with E-state index >= 15 is 0 Å². The lowest BCUT2D eigenvalue weighted by molar-refractivity contribution is -0.120. The summed E-state index contributed by atoms with van der Waals surface area (Å²) < 4.78 is 0. The molecule has 0 unspecified atom stereocenters. The number of hydrogen-bond donors (Lipinski definition) is 1. The van der Waals surface area contributed by atoms with Gasteiger partial charge in [-0.3, -0.25) is 4.79 Å². The highest BCUT2D eigenvalue weighted by atomic mass is 32.1. The van der Waals surface area contributed by atoms with Gasteiger partial charge in [0.15, 0.2) is 0 Å². The van der Waals surface area contributed by atoms with Crippen LogP contribution in [0.25, 0.3) is 10.6 Å². The molecule has 1 N–H and O–H groups in total. The fourth-order valence-electron chi connectivity index (χ4n) is 2.24. The van der Waals surface area contributed by atoms with Crippen LogP contribution >= 0.6 is 11.3 Å². The number of nitrogens with zero attached hydrogens (tertiary/aromatic N) is 1. The summed E-state index contributed by atoms with van der Waals surface area (Å²) in [4.78, 5) is 16.6. The first-order chi connectivity index (χ1) is 11.2. The molecule has 0 saturated carbocycles. The minimum absolute atomic E-state index is 0.00499. The summed E-state index contributed by atoms with van der Waals surface area (Å²) in [6.45, 7) is 2.61. The van der Waals surface area contributed by atoms with Gasteiger partial charge in [-0.1, -0.05) is 60.2 Å². The second-order valence-corrected chi connectivity index (χ2v) is 6.31. The fourth-order valence-corrected chi connectivity index (χ4v) is 3.07. The van der Waals surface area contributed by atoms with Gasteiger partial charge in [-0.2, -0.15) is 0 Å². The maximum atomic E-state index is 12.0. The molecule has 3 aromatic rings. The average Bonchev–Trinajstić information content (AvgIpc) is 3.03. The van der Waals surface area contributed by atoms with Crippen molar-refractivity contribution < 1.29 is 4.79 Å². The molecule has 1 amide bonds. The molecule has 3 nitrogen and oxygen atoms in total. The zero-order valence-electron chi connectivity index (χ0n) is 13.0. The number of aromatic nitrogens is 1. The minimum Gasteiger partial charge on any atom is -0.352 e. The van der Waals surface area contributed by atoms with Crippen LogP contribution in [0.3, 0.4) is 0 Å². The molecule has 0 bridgehead atoms. The summed E-state index contributed by atoms with van der Waals surface area (Å²) >= 11 is 1.57. The Labute approximate surface area is 140 Å². The number of thiazole rings is 1. The van der Waals surface area contributed by atoms with E-state index in [1.54, 1.807) is 11.3 Å². The fraction of sp³-hybridized carbons (Fsp3) is 0.158. The van der Waals surface area contributed by atoms with Crippen molar-refractivity contribution in [2.45, 2.75) is 19.9 Å². The molecule has 23 heavy (non-hydrogen) atoms. The van der Waals surface area contributed by atoms with Crippen LogP contribution in [0.1, 0.15) is 16.8 Å². The molecule has 0 spiro atoms. The Bertz CT molecular complexity index is 779. The van der Waals surface area contributed by atoms with Crippen LogP contribution in [0.15, 0.2) is 60.0 Å². The van der Waals surface area contributed by atoms with E-state index in [0.29, 0.717) is 13.0 Å². The second-order valence-electron chi connectivity index (χ2n) is 5.45. The number of carbonyl (C=O) groups is 1. The summed E-state index contributed by atoms with van der Waals surface area (Å²) in [6, 6.07) is 18.2. The van der Waals surface area contributed by atoms with Gasteiger partial charge in [-0.15, -0.1) is 11.3 Å². The number of nitrogens with one attached hydrogen (secondary N) is 1. The third-order valence-electron chi connectivity index (χ3n) is 3.52. The van der Waals surface area contributed by atoms with Gasteiger partial charge in [0, 0.05) is 17.5 Å². The van der Waals surface area contributed by atoms with Gasteiger partial charge >= 0.3 is 0 Å². The molecule has 0 radical (unpaired) electrons. The highest BCUT2D eigenvalue weighted by molar-refractivity contribution is 7.13. The van der Waals surface area contributed by atoms with Crippen molar-refractivity contribution in [2.75, 3.05) is 0 Å². The molecule has 4 heteroatoms. The van der Waals surface area contributed by atoms with Crippen LogP contribution in [0.2, 0.25) is 0 Å². The smallest absolute Gasteiger partial charge is 0.226 e. The standard InChI is InChI=1S/C19H18N2OS/c1-14-7-9-16(10-8-14)19-21-17(13-23-19)11-18(22)20-12-15-5-3-2-4-6-15/h2-10,13H,11-12H2,1H3,(H,20,22). The SMILES string of the molecule is Cc1ccc(-c2nc(CC(=O)NCc3ccccc3)cs2)cc1. The van der Waals surface area contributed by atoms with Gasteiger partial charge < -0.3 is 5.32 Å². The van der Waals surface area contributed by atoms with Crippen molar-refractivity contribution in [3.05, 3.63) is 76.8 Å². The van der Waals surface area contributed by atoms with Crippen LogP contribution in [-0.4, -0.2) is 10.9 Å². The maximum absolute atomic E-state index is 12.0. The molecule has 1 aromatic heterocycles. The third-order valence-corrected chi connectivity index (χ3v) is 4.46. The highest BCUT2D eigenvalue weighted by Crippen LogP contribution is 2.24. The van der Waals surface area contributed by atoms with E-state index in [2.05, 4.69) is 41.5 Å². The van der Waals surface area contributed by atoms with Crippen LogP contribution in [0.4, 0.5) is 0 Å². The molecule has 1 heterocycles. The Morgan fingerprint density at radius 3 is 2.57 bits per heavy atom. The molecule has 3 rings (SSSR count). The summed E-state index contributed by atoms with van der Waals surface area (Å²) in [5.74, 6) is -0.00499. The Morgan fingerprint density at radius 1 is 1.09 bits per heavy atom. The van der Waals surface area contributed by atoms with E-state index in [1.165, 1.54) is 5.56 Å². The Morgan fingerprint density at radius 2 is 1.83 bits per heavy atom. The van der Waals surface area contributed by atoms with E-state index in [4.69, 9.17) is 0 Å². The first-order valence-electron chi connectivity index (χ1n) is 7.53. The van der Waals surface area contributed by atoms with Crippen LogP contribution in [-0.2, 0) is 17.8 Å². The summed E-state index contributed by atoms with van der Waals surface area (Å²) in [5.41, 5.74) is 4.23. The molecule has 0 aliphatic carbocycles. The molecule has 0 aliphatic rings. The van der Waals surface area contributed by atoms with E-state index in [9.17, 15) is 4.79 Å². The van der Waals surface area contributed by atoms with Crippen LogP contribution in [0.5, 0.6) is 0 Å². The topological polar surface area (TPSA) is 42.0 Å². The van der Waals surface area contributed by atoms with Gasteiger partial charge in [0.25, 0.3) is 0 Å². The normalized spacial score (nSPS) is 10.5. The van der Waals surface area contributed by atoms with Crippen molar-refractivity contribution in [3.63, 3.8) is 0 Å². The van der Waals surface area contributed by atoms with E-state index in [-0.39, 0.29) is 5.91 Å². The lowest BCUT2D eigenvalue weighted by Crippen LogP contribution is -2.24. The summed E-state index contributed by atoms with van der Waals surface area (Å²) in [5, 5.41) is 5.84. The van der Waals surface area contributed by atoms with Crippen molar-refractivity contribution in [2.24, 2.45) is 0 Å². The van der Waals surface area contributed by atoms with Crippen LogP contribution < -0.4 is 5.32 Å². The molecule has 0 aliphatic heterocycles. The van der Waals surface area contributed by atoms with Crippen molar-refractivity contribution >= 4 is 17.2 Å². The highest BCUT2D eigenvalue weighted by Gasteiger charge is 2.09. The van der Waals surface area contributed by atoms with Crippen molar-refractivity contribution in [1.29, 1.82) is 0 Å². The number of aryl methyl sites for hydroxylation is 1. The van der Waals surface area contributed by atoms with Gasteiger partial charge in [0.2, 0.25) is 5.91 Å². The predicted molar refractivity (Wildman–Crippen MR) is 94.3 cm³/mol. The molecular weight excluding hydrogens is 304 g/mol. The lowest BCUT2D eigenvalue weighted by Gasteiger charge is -2.03. The quantitative estimate of drug-likeness (QED) is 0.772. The lowest BCUT2D eigenvalue weighted by atomic mass is 10.2. The van der Waals surface area contributed by atoms with Crippen molar-refractivity contribution in [3.8, 4) is 10.6 Å². The van der Waals surface area contributed by atoms with E-state index in [1.807, 2.05) is 35.7 Å². The number of benzene rings is 2. The van der Waals surface area contributed by atoms with Gasteiger partial charge in [0.05, 0.1) is 12.1 Å². The van der Waals surface area contributed by atoms with Gasteiger partial charge in [0.1, 0.15) is 5.01 Å². The minimum atomic E-state index is -0.00499. The Hall–Kier alpha value is -2.46. The predicted octanol–water partition coefficient (Wildman–Crippen LogP) is 3.98. The largest absolute Gasteiger partial charge is 0.352 e. The first kappa shape index (κ1) is 15.4. The van der Waals surface area contributed by atoms with Gasteiger partial charge in [-0.25, -0.2) is 4.98 Å². The molecule has 0 saturated heterocycles. The third kappa shape index (κ3) is 4.27. The Kier molecular flexibility index (Phi) is 4.83. The molecule has 0 fully saturated rings. The Balaban J connectivity index is 1.58. The van der Waals surface area contributed by atoms with E-state index in [0.717, 1.165) is 21.8 Å². The zero-order chi connectivity index (χ0) is 16.1. The van der Waals surface area contributed by atoms with Crippen molar-refractivity contribution in [1.82, 2.24) is 10.3 Å². The summed E-state index contributed by atoms with van der Waals surface area (Å²) in [6.07, 6.45) is 0.315. The van der Waals surface area contributed by atoms with Gasteiger partial charge in [-0.05, 0) is 12.5 Å². The zero-order valence-corrected chi connectivity index (χ0v) is 13.8. The number of amides is 1. The number of hydrogen-bond acceptors (Lipinski definition) is 3. The summed E-state index contributed by atoms with van der Waals surface area (Å²) in [7, 11) is 0. The molecule has 0 atom stereocenters. The molecular formula is C19H18N2OS. The first-order valence-corrected chi connectivity index (χ1v) is 8.41. The van der Waals surface area contributed by atoms with E-state index < -0.39 is 0 Å². The maximum Gasteiger partial charge on any atom is 0.226 e. The van der Waals surface area contributed by atoms with Crippen LogP contribution in [0, 0.1) is 6.92 Å². The number of carbonyl (C=O) groups excluding carboxylic acids is 1. The average molecular weight is 322 g/mol. The monoisotopic (exact) mass is 322 g/mol. The molecule has 116 valence electrons.